The highest BCUT2D eigenvalue weighted by Crippen LogP contribution is 2.22. The van der Waals surface area contributed by atoms with Crippen molar-refractivity contribution in [2.24, 2.45) is 0 Å². The standard InChI is InChI=1S/C17H27N3O4S.ClH/c1-3-6-18-7-8-19-17(21)15-5-4-14(2)16(13-15)25(22,23)20-9-11-24-12-10-20;/h4-5,13,18H,3,6-12H2,1-2H3,(H,19,21);1H. The largest absolute Gasteiger partial charge is 0.379 e. The first-order chi connectivity index (χ1) is 12.0. The summed E-state index contributed by atoms with van der Waals surface area (Å²) in [6.45, 7) is 7.36. The minimum atomic E-state index is -3.62. The number of rotatable bonds is 8. The van der Waals surface area contributed by atoms with Crippen molar-refractivity contribution in [1.82, 2.24) is 14.9 Å². The van der Waals surface area contributed by atoms with E-state index in [1.807, 2.05) is 0 Å². The van der Waals surface area contributed by atoms with Crippen LogP contribution in [0.15, 0.2) is 23.1 Å². The molecule has 9 heteroatoms. The van der Waals surface area contributed by atoms with Crippen LogP contribution < -0.4 is 10.6 Å². The van der Waals surface area contributed by atoms with Gasteiger partial charge in [0.05, 0.1) is 18.1 Å². The van der Waals surface area contributed by atoms with Gasteiger partial charge < -0.3 is 15.4 Å². The molecular formula is C17H28ClN3O4S. The van der Waals surface area contributed by atoms with Crippen molar-refractivity contribution in [2.45, 2.75) is 25.2 Å². The first-order valence-electron chi connectivity index (χ1n) is 8.64. The molecule has 26 heavy (non-hydrogen) atoms. The molecular weight excluding hydrogens is 378 g/mol. The minimum Gasteiger partial charge on any atom is -0.379 e. The number of morpholine rings is 1. The number of benzene rings is 1. The molecule has 1 aromatic rings. The smallest absolute Gasteiger partial charge is 0.251 e. The summed E-state index contributed by atoms with van der Waals surface area (Å²) in [4.78, 5) is 12.5. The van der Waals surface area contributed by atoms with Gasteiger partial charge in [-0.15, -0.1) is 12.4 Å². The average molecular weight is 406 g/mol. The zero-order valence-electron chi connectivity index (χ0n) is 15.3. The van der Waals surface area contributed by atoms with E-state index in [9.17, 15) is 13.2 Å². The summed E-state index contributed by atoms with van der Waals surface area (Å²) in [5, 5.41) is 6.01. The first kappa shape index (κ1) is 22.9. The fourth-order valence-electron chi connectivity index (χ4n) is 2.61. The van der Waals surface area contributed by atoms with Crippen molar-refractivity contribution in [1.29, 1.82) is 0 Å². The first-order valence-corrected chi connectivity index (χ1v) is 10.1. The van der Waals surface area contributed by atoms with Crippen LogP contribution in [-0.2, 0) is 14.8 Å². The van der Waals surface area contributed by atoms with Gasteiger partial charge in [0.2, 0.25) is 10.0 Å². The Morgan fingerprint density at radius 2 is 1.88 bits per heavy atom. The summed E-state index contributed by atoms with van der Waals surface area (Å²) in [5.41, 5.74) is 0.987. The number of nitrogens with zero attached hydrogens (tertiary/aromatic N) is 1. The van der Waals surface area contributed by atoms with Crippen LogP contribution in [0, 0.1) is 6.92 Å². The molecule has 0 unspecified atom stereocenters. The molecule has 7 nitrogen and oxygen atoms in total. The summed E-state index contributed by atoms with van der Waals surface area (Å²) >= 11 is 0. The molecule has 1 fully saturated rings. The Kier molecular flexibility index (Phi) is 9.52. The Balaban J connectivity index is 0.00000338. The fourth-order valence-corrected chi connectivity index (χ4v) is 4.27. The molecule has 1 amide bonds. The second kappa shape index (κ2) is 10.8. The molecule has 148 valence electrons. The molecule has 0 bridgehead atoms. The van der Waals surface area contributed by atoms with E-state index in [1.54, 1.807) is 19.1 Å². The van der Waals surface area contributed by atoms with Crippen molar-refractivity contribution in [3.05, 3.63) is 29.3 Å². The molecule has 1 aromatic carbocycles. The Labute approximate surface area is 161 Å². The number of carbonyl (C=O) groups is 1. The molecule has 0 aliphatic carbocycles. The van der Waals surface area contributed by atoms with Gasteiger partial charge in [-0.3, -0.25) is 4.79 Å². The van der Waals surface area contributed by atoms with Gasteiger partial charge in [-0.25, -0.2) is 8.42 Å². The van der Waals surface area contributed by atoms with E-state index in [2.05, 4.69) is 17.6 Å². The Morgan fingerprint density at radius 3 is 2.54 bits per heavy atom. The maximum absolute atomic E-state index is 12.8. The third kappa shape index (κ3) is 5.92. The van der Waals surface area contributed by atoms with E-state index in [4.69, 9.17) is 4.74 Å². The monoisotopic (exact) mass is 405 g/mol. The zero-order chi connectivity index (χ0) is 18.3. The van der Waals surface area contributed by atoms with Crippen molar-refractivity contribution in [3.63, 3.8) is 0 Å². The molecule has 2 N–H and O–H groups in total. The summed E-state index contributed by atoms with van der Waals surface area (Å²) in [5.74, 6) is -0.267. The number of amides is 1. The van der Waals surface area contributed by atoms with Gasteiger partial charge in [0, 0.05) is 31.7 Å². The minimum absolute atomic E-state index is 0. The lowest BCUT2D eigenvalue weighted by atomic mass is 10.1. The van der Waals surface area contributed by atoms with Crippen molar-refractivity contribution in [2.75, 3.05) is 45.9 Å². The topological polar surface area (TPSA) is 87.7 Å². The maximum Gasteiger partial charge on any atom is 0.251 e. The predicted molar refractivity (Wildman–Crippen MR) is 103 cm³/mol. The van der Waals surface area contributed by atoms with Gasteiger partial charge in [0.15, 0.2) is 0 Å². The highest BCUT2D eigenvalue weighted by Gasteiger charge is 2.28. The predicted octanol–water partition coefficient (Wildman–Crippen LogP) is 1.17. The molecule has 0 radical (unpaired) electrons. The second-order valence-electron chi connectivity index (χ2n) is 6.00. The average Bonchev–Trinajstić information content (AvgIpc) is 2.62. The van der Waals surface area contributed by atoms with E-state index in [1.165, 1.54) is 10.4 Å². The summed E-state index contributed by atoms with van der Waals surface area (Å²) in [6, 6.07) is 4.80. The van der Waals surface area contributed by atoms with Crippen LogP contribution in [0.1, 0.15) is 29.3 Å². The summed E-state index contributed by atoms with van der Waals surface area (Å²) in [6.07, 6.45) is 1.04. The quantitative estimate of drug-likeness (QED) is 0.634. The van der Waals surface area contributed by atoms with E-state index in [-0.39, 0.29) is 23.2 Å². The highest BCUT2D eigenvalue weighted by atomic mass is 35.5. The van der Waals surface area contributed by atoms with Gasteiger partial charge in [-0.2, -0.15) is 4.31 Å². The van der Waals surface area contributed by atoms with Crippen LogP contribution in [0.5, 0.6) is 0 Å². The number of hydrogen-bond acceptors (Lipinski definition) is 5. The molecule has 0 saturated carbocycles. The summed E-state index contributed by atoms with van der Waals surface area (Å²) in [7, 11) is -3.62. The third-order valence-corrected chi connectivity index (χ3v) is 6.09. The van der Waals surface area contributed by atoms with E-state index >= 15 is 0 Å². The van der Waals surface area contributed by atoms with Crippen LogP contribution in [0.4, 0.5) is 0 Å². The lowest BCUT2D eigenvalue weighted by Crippen LogP contribution is -2.41. The molecule has 1 aliphatic rings. The number of hydrogen-bond donors (Lipinski definition) is 2. The van der Waals surface area contributed by atoms with Crippen molar-refractivity contribution in [3.8, 4) is 0 Å². The molecule has 1 saturated heterocycles. The Morgan fingerprint density at radius 1 is 1.19 bits per heavy atom. The molecule has 0 atom stereocenters. The lowest BCUT2D eigenvalue weighted by molar-refractivity contribution is 0.0730. The van der Waals surface area contributed by atoms with Crippen molar-refractivity contribution < 1.29 is 17.9 Å². The lowest BCUT2D eigenvalue weighted by Gasteiger charge is -2.26. The van der Waals surface area contributed by atoms with Gasteiger partial charge >= 0.3 is 0 Å². The van der Waals surface area contributed by atoms with Crippen LogP contribution in [-0.4, -0.2) is 64.6 Å². The number of aryl methyl sites for hydroxylation is 1. The third-order valence-electron chi connectivity index (χ3n) is 4.05. The fraction of sp³-hybridized carbons (Fsp3) is 0.588. The van der Waals surface area contributed by atoms with Crippen molar-refractivity contribution >= 4 is 28.3 Å². The van der Waals surface area contributed by atoms with E-state index in [0.717, 1.165) is 13.0 Å². The molecule has 1 heterocycles. The zero-order valence-corrected chi connectivity index (χ0v) is 16.9. The highest BCUT2D eigenvalue weighted by molar-refractivity contribution is 7.89. The molecule has 0 aromatic heterocycles. The van der Waals surface area contributed by atoms with E-state index < -0.39 is 10.0 Å². The normalized spacial score (nSPS) is 15.3. The maximum atomic E-state index is 12.8. The Hall–Kier alpha value is -1.19. The van der Waals surface area contributed by atoms with Gasteiger partial charge in [-0.1, -0.05) is 13.0 Å². The van der Waals surface area contributed by atoms with Crippen LogP contribution in [0.3, 0.4) is 0 Å². The van der Waals surface area contributed by atoms with Gasteiger partial charge in [0.1, 0.15) is 0 Å². The number of nitrogens with one attached hydrogen (secondary N) is 2. The van der Waals surface area contributed by atoms with Crippen LogP contribution in [0.2, 0.25) is 0 Å². The second-order valence-corrected chi connectivity index (χ2v) is 7.91. The number of sulfonamides is 1. The van der Waals surface area contributed by atoms with E-state index in [0.29, 0.717) is 50.5 Å². The van der Waals surface area contributed by atoms with Crippen LogP contribution in [0.25, 0.3) is 0 Å². The van der Waals surface area contributed by atoms with Crippen LogP contribution >= 0.6 is 12.4 Å². The molecule has 1 aliphatic heterocycles. The molecule has 2 rings (SSSR count). The summed E-state index contributed by atoms with van der Waals surface area (Å²) < 4.78 is 32.3. The number of ether oxygens (including phenoxy) is 1. The number of carbonyl (C=O) groups excluding carboxylic acids is 1. The molecule has 0 spiro atoms. The SMILES string of the molecule is CCCNCCNC(=O)c1ccc(C)c(S(=O)(=O)N2CCOCC2)c1.Cl. The van der Waals surface area contributed by atoms with Gasteiger partial charge in [-0.05, 0) is 37.6 Å². The number of halogens is 1. The van der Waals surface area contributed by atoms with Gasteiger partial charge in [0.25, 0.3) is 5.91 Å². The Bertz CT molecular complexity index is 691.